The van der Waals surface area contributed by atoms with Crippen LogP contribution < -0.4 is 0 Å². The van der Waals surface area contributed by atoms with Crippen LogP contribution in [-0.2, 0) is 14.3 Å². The number of halogens is 2. The highest BCUT2D eigenvalue weighted by Gasteiger charge is 3.04. The highest BCUT2D eigenvalue weighted by atomic mass is 79.9. The van der Waals surface area contributed by atoms with Gasteiger partial charge in [0.05, 0.1) is 21.9 Å². The number of hydrogen-bond acceptors (Lipinski definition) is 3. The minimum atomic E-state index is -0.476. The molecule has 3 nitrogen and oxygen atoms in total. The highest BCUT2D eigenvalue weighted by molar-refractivity contribution is 9.10. The topological polar surface area (TPSA) is 35.5 Å². The molecule has 1 saturated heterocycles. The Morgan fingerprint density at radius 1 is 1.00 bits per heavy atom. The van der Waals surface area contributed by atoms with E-state index in [-0.39, 0.29) is 14.6 Å². The fraction of sp³-hybridized carbons (Fsp3) is 0.917. The first-order valence-electron chi connectivity index (χ1n) is 6.30. The van der Waals surface area contributed by atoms with Crippen LogP contribution in [0.15, 0.2) is 0 Å². The molecule has 90 valence electrons. The summed E-state index contributed by atoms with van der Waals surface area (Å²) in [6.07, 6.45) is 0. The van der Waals surface area contributed by atoms with Crippen molar-refractivity contribution < 1.29 is 14.3 Å². The monoisotopic (exact) mass is 360 g/mol. The maximum Gasteiger partial charge on any atom is 0.188 e. The summed E-state index contributed by atoms with van der Waals surface area (Å²) in [7, 11) is 0. The molecule has 1 heterocycles. The molecular weight excluding hydrogens is 352 g/mol. The average Bonchev–Trinajstić information content (AvgIpc) is 2.96. The summed E-state index contributed by atoms with van der Waals surface area (Å²) in [6, 6.07) is 0. The molecule has 8 atom stereocenters. The molecule has 7 rings (SSSR count). The van der Waals surface area contributed by atoms with Crippen molar-refractivity contribution >= 4 is 37.6 Å². The van der Waals surface area contributed by atoms with Gasteiger partial charge in [0.2, 0.25) is 0 Å². The first-order chi connectivity index (χ1) is 8.10. The maximum atomic E-state index is 12.5. The van der Waals surface area contributed by atoms with Gasteiger partial charge in [-0.1, -0.05) is 31.9 Å². The first kappa shape index (κ1) is 9.45. The zero-order valence-electron chi connectivity index (χ0n) is 8.86. The van der Waals surface area contributed by atoms with Crippen LogP contribution in [0.1, 0.15) is 0 Å². The van der Waals surface area contributed by atoms with Crippen LogP contribution in [0.3, 0.4) is 0 Å². The summed E-state index contributed by atoms with van der Waals surface area (Å²) in [4.78, 5) is 12.5. The van der Waals surface area contributed by atoms with Crippen molar-refractivity contribution in [2.45, 2.75) is 14.4 Å². The van der Waals surface area contributed by atoms with Crippen LogP contribution in [0.25, 0.3) is 0 Å². The van der Waals surface area contributed by atoms with E-state index in [0.717, 1.165) is 0 Å². The Morgan fingerprint density at radius 3 is 2.24 bits per heavy atom. The summed E-state index contributed by atoms with van der Waals surface area (Å²) in [5.74, 6) is 2.50. The molecule has 7 fully saturated rings. The molecule has 4 bridgehead atoms. The lowest BCUT2D eigenvalue weighted by Gasteiger charge is -2.69. The molecule has 7 aliphatic rings. The molecule has 1 aliphatic heterocycles. The van der Waals surface area contributed by atoms with E-state index in [1.54, 1.807) is 0 Å². The molecule has 0 aromatic heterocycles. The third kappa shape index (κ3) is 0.514. The van der Waals surface area contributed by atoms with Crippen molar-refractivity contribution in [1.29, 1.82) is 0 Å². The minimum absolute atomic E-state index is 0.0510. The Morgan fingerprint density at radius 2 is 1.65 bits per heavy atom. The van der Waals surface area contributed by atoms with Crippen LogP contribution in [0.4, 0.5) is 0 Å². The van der Waals surface area contributed by atoms with E-state index in [0.29, 0.717) is 48.6 Å². The molecule has 0 unspecified atom stereocenters. The standard InChI is InChI=1S/C12H10Br2O3/c13-10-6-4-3(9(10)15)5-7(10)8(6)11(4,14)12(5)16-1-2-17-12/h3-8H,1-2H2/t3-,4-,5-,6+,7-,8-,10+,11+/m0/s1. The van der Waals surface area contributed by atoms with Crippen LogP contribution in [0.2, 0.25) is 0 Å². The molecular formula is C12H10Br2O3. The van der Waals surface area contributed by atoms with Crippen molar-refractivity contribution in [1.82, 2.24) is 0 Å². The zero-order valence-corrected chi connectivity index (χ0v) is 12.0. The van der Waals surface area contributed by atoms with Crippen LogP contribution >= 0.6 is 31.9 Å². The van der Waals surface area contributed by atoms with E-state index >= 15 is 0 Å². The predicted octanol–water partition coefficient (Wildman–Crippen LogP) is 1.33. The van der Waals surface area contributed by atoms with E-state index in [1.165, 1.54) is 0 Å². The summed E-state index contributed by atoms with van der Waals surface area (Å²) < 4.78 is 11.8. The number of ether oxygens (including phenoxy) is 2. The highest BCUT2D eigenvalue weighted by Crippen LogP contribution is 2.96. The summed E-state index contributed by atoms with van der Waals surface area (Å²) in [5.41, 5.74) is 0. The van der Waals surface area contributed by atoms with Gasteiger partial charge in [-0.15, -0.1) is 0 Å². The molecule has 0 amide bonds. The second kappa shape index (κ2) is 2.11. The second-order valence-electron chi connectivity index (χ2n) is 6.42. The van der Waals surface area contributed by atoms with Gasteiger partial charge in [0.15, 0.2) is 11.6 Å². The fourth-order valence-electron chi connectivity index (χ4n) is 6.58. The van der Waals surface area contributed by atoms with Crippen molar-refractivity contribution in [3.63, 3.8) is 0 Å². The lowest BCUT2D eigenvalue weighted by Crippen LogP contribution is -2.75. The largest absolute Gasteiger partial charge is 0.346 e. The van der Waals surface area contributed by atoms with Crippen LogP contribution in [0, 0.1) is 35.5 Å². The van der Waals surface area contributed by atoms with E-state index in [1.807, 2.05) is 0 Å². The van der Waals surface area contributed by atoms with Crippen molar-refractivity contribution in [3.05, 3.63) is 0 Å². The molecule has 1 spiro atoms. The third-order valence-corrected chi connectivity index (χ3v) is 9.69. The quantitative estimate of drug-likeness (QED) is 0.611. The van der Waals surface area contributed by atoms with E-state index in [9.17, 15) is 4.79 Å². The van der Waals surface area contributed by atoms with Crippen molar-refractivity contribution in [2.75, 3.05) is 13.2 Å². The number of alkyl halides is 2. The second-order valence-corrected chi connectivity index (χ2v) is 9.04. The Labute approximate surface area is 115 Å². The van der Waals surface area contributed by atoms with Gasteiger partial charge in [0.1, 0.15) is 0 Å². The lowest BCUT2D eigenvalue weighted by atomic mass is 9.40. The van der Waals surface area contributed by atoms with Gasteiger partial charge in [0, 0.05) is 11.8 Å². The number of carbonyl (C=O) groups is 1. The molecule has 0 aromatic carbocycles. The van der Waals surface area contributed by atoms with Gasteiger partial charge in [-0.05, 0) is 23.7 Å². The first-order valence-corrected chi connectivity index (χ1v) is 7.89. The predicted molar refractivity (Wildman–Crippen MR) is 63.9 cm³/mol. The van der Waals surface area contributed by atoms with E-state index < -0.39 is 5.79 Å². The Bertz CT molecular complexity index is 516. The van der Waals surface area contributed by atoms with Gasteiger partial charge in [-0.25, -0.2) is 0 Å². The number of carbonyl (C=O) groups excluding carboxylic acids is 1. The van der Waals surface area contributed by atoms with Crippen LogP contribution in [0.5, 0.6) is 0 Å². The molecule has 6 aliphatic carbocycles. The zero-order chi connectivity index (χ0) is 11.4. The number of Topliss-reactive ketones (excluding diaryl/α,β-unsaturated/α-hetero) is 1. The molecule has 17 heavy (non-hydrogen) atoms. The molecule has 6 saturated carbocycles. The van der Waals surface area contributed by atoms with Gasteiger partial charge >= 0.3 is 0 Å². The summed E-state index contributed by atoms with van der Waals surface area (Å²) in [5, 5.41) is 0. The maximum absolute atomic E-state index is 12.5. The number of rotatable bonds is 0. The minimum Gasteiger partial charge on any atom is -0.346 e. The Balaban J connectivity index is 1.69. The molecule has 0 radical (unpaired) electrons. The van der Waals surface area contributed by atoms with Crippen LogP contribution in [-0.4, -0.2) is 33.4 Å². The fourth-order valence-corrected chi connectivity index (χ4v) is 9.62. The molecule has 0 N–H and O–H groups in total. The normalized spacial score (nSPS) is 74.6. The molecule has 5 heteroatoms. The summed E-state index contributed by atoms with van der Waals surface area (Å²) >= 11 is 7.73. The van der Waals surface area contributed by atoms with Gasteiger partial charge < -0.3 is 9.47 Å². The van der Waals surface area contributed by atoms with Gasteiger partial charge in [-0.2, -0.15) is 0 Å². The van der Waals surface area contributed by atoms with Gasteiger partial charge in [-0.3, -0.25) is 4.79 Å². The Kier molecular flexibility index (Phi) is 1.17. The Hall–Kier alpha value is 0.550. The van der Waals surface area contributed by atoms with E-state index in [4.69, 9.17) is 9.47 Å². The van der Waals surface area contributed by atoms with Crippen molar-refractivity contribution in [3.8, 4) is 0 Å². The van der Waals surface area contributed by atoms with Crippen molar-refractivity contribution in [2.24, 2.45) is 35.5 Å². The lowest BCUT2D eigenvalue weighted by molar-refractivity contribution is -0.199. The average molecular weight is 362 g/mol. The summed E-state index contributed by atoms with van der Waals surface area (Å²) in [6.45, 7) is 1.35. The number of ketones is 1. The van der Waals surface area contributed by atoms with E-state index in [2.05, 4.69) is 31.9 Å². The third-order valence-electron chi connectivity index (χ3n) is 6.63. The SMILES string of the molecule is O=C1[C@@H]2[C@H]3[C@H]4[C@@H]5[C@@H]([C@H]2[C@]5(Br)C32OCCO2)[C@]14Br. The smallest absolute Gasteiger partial charge is 0.188 e. The van der Waals surface area contributed by atoms with Gasteiger partial charge in [0.25, 0.3) is 0 Å². The molecule has 0 aromatic rings. The number of hydrogen-bond donors (Lipinski definition) is 0.